The van der Waals surface area contributed by atoms with Crippen molar-refractivity contribution in [2.75, 3.05) is 0 Å². The molecule has 0 aliphatic heterocycles. The van der Waals surface area contributed by atoms with Crippen LogP contribution in [0.3, 0.4) is 0 Å². The van der Waals surface area contributed by atoms with E-state index in [2.05, 4.69) is 47.1 Å². The Morgan fingerprint density at radius 2 is 1.74 bits per heavy atom. The second-order valence-electron chi connectivity index (χ2n) is 7.54. The number of aromatic nitrogens is 5. The SMILES string of the molecule is CCc1ccc(-c2cn3c4c(=O)n(C)c(=O)n(C)c4nc3n2-c2cccc(Br)c2)cc1. The second-order valence-corrected chi connectivity index (χ2v) is 8.46. The largest absolute Gasteiger partial charge is 0.332 e. The molecule has 0 bridgehead atoms. The summed E-state index contributed by atoms with van der Waals surface area (Å²) >= 11 is 3.55. The first-order chi connectivity index (χ1) is 14.9. The van der Waals surface area contributed by atoms with Gasteiger partial charge >= 0.3 is 5.69 Å². The minimum Gasteiger partial charge on any atom is -0.279 e. The van der Waals surface area contributed by atoms with Crippen molar-refractivity contribution < 1.29 is 0 Å². The molecule has 31 heavy (non-hydrogen) atoms. The van der Waals surface area contributed by atoms with Gasteiger partial charge in [-0.05, 0) is 30.2 Å². The van der Waals surface area contributed by atoms with Gasteiger partial charge in [0.15, 0.2) is 11.2 Å². The van der Waals surface area contributed by atoms with E-state index in [-0.39, 0.29) is 5.56 Å². The molecule has 8 heteroatoms. The summed E-state index contributed by atoms with van der Waals surface area (Å²) in [4.78, 5) is 30.1. The van der Waals surface area contributed by atoms with Gasteiger partial charge in [-0.3, -0.25) is 22.9 Å². The van der Waals surface area contributed by atoms with E-state index in [1.54, 1.807) is 11.4 Å². The second kappa shape index (κ2) is 7.09. The first-order valence-corrected chi connectivity index (χ1v) is 10.7. The zero-order chi connectivity index (χ0) is 21.9. The van der Waals surface area contributed by atoms with Gasteiger partial charge in [-0.2, -0.15) is 4.98 Å². The zero-order valence-electron chi connectivity index (χ0n) is 17.3. The molecule has 0 aliphatic rings. The molecule has 5 rings (SSSR count). The molecule has 0 radical (unpaired) electrons. The monoisotopic (exact) mass is 477 g/mol. The molecule has 0 unspecified atom stereocenters. The van der Waals surface area contributed by atoms with E-state index in [4.69, 9.17) is 4.98 Å². The molecule has 0 aliphatic carbocycles. The van der Waals surface area contributed by atoms with Crippen LogP contribution in [-0.4, -0.2) is 23.1 Å². The van der Waals surface area contributed by atoms with Crippen molar-refractivity contribution in [3.63, 3.8) is 0 Å². The Kier molecular flexibility index (Phi) is 4.48. The van der Waals surface area contributed by atoms with Crippen LogP contribution in [0.5, 0.6) is 0 Å². The fraction of sp³-hybridized carbons (Fsp3) is 0.174. The number of hydrogen-bond acceptors (Lipinski definition) is 3. The van der Waals surface area contributed by atoms with Gasteiger partial charge in [0.05, 0.1) is 11.4 Å². The van der Waals surface area contributed by atoms with E-state index >= 15 is 0 Å². The maximum absolute atomic E-state index is 13.0. The summed E-state index contributed by atoms with van der Waals surface area (Å²) in [6, 6.07) is 16.3. The minimum atomic E-state index is -0.400. The fourth-order valence-electron chi connectivity index (χ4n) is 3.96. The molecule has 7 nitrogen and oxygen atoms in total. The number of hydrogen-bond donors (Lipinski definition) is 0. The summed E-state index contributed by atoms with van der Waals surface area (Å²) in [5.41, 5.74) is 4.03. The van der Waals surface area contributed by atoms with Crippen LogP contribution in [0.25, 0.3) is 33.9 Å². The third-order valence-corrected chi connectivity index (χ3v) is 6.18. The number of fused-ring (bicyclic) bond motifs is 3. The van der Waals surface area contributed by atoms with Crippen LogP contribution < -0.4 is 11.2 Å². The van der Waals surface area contributed by atoms with Gasteiger partial charge in [0.2, 0.25) is 5.78 Å². The van der Waals surface area contributed by atoms with Crippen LogP contribution in [0, 0.1) is 0 Å². The zero-order valence-corrected chi connectivity index (χ0v) is 18.9. The van der Waals surface area contributed by atoms with Gasteiger partial charge in [-0.15, -0.1) is 0 Å². The van der Waals surface area contributed by atoms with Crippen molar-refractivity contribution in [2.24, 2.45) is 14.1 Å². The quantitative estimate of drug-likeness (QED) is 0.398. The highest BCUT2D eigenvalue weighted by molar-refractivity contribution is 9.10. The summed E-state index contributed by atoms with van der Waals surface area (Å²) in [5, 5.41) is 0. The van der Waals surface area contributed by atoms with Crippen LogP contribution in [0.15, 0.2) is 68.8 Å². The maximum Gasteiger partial charge on any atom is 0.332 e. The van der Waals surface area contributed by atoms with Crippen molar-refractivity contribution in [2.45, 2.75) is 13.3 Å². The van der Waals surface area contributed by atoms with Gasteiger partial charge in [-0.1, -0.05) is 53.2 Å². The number of halogens is 1. The predicted molar refractivity (Wildman–Crippen MR) is 125 cm³/mol. The number of rotatable bonds is 3. The van der Waals surface area contributed by atoms with Crippen molar-refractivity contribution >= 4 is 32.9 Å². The lowest BCUT2D eigenvalue weighted by Gasteiger charge is -2.10. The molecule has 0 fully saturated rings. The number of aryl methyl sites for hydroxylation is 2. The highest BCUT2D eigenvalue weighted by Crippen LogP contribution is 2.30. The van der Waals surface area contributed by atoms with Crippen molar-refractivity contribution in [3.05, 3.63) is 85.6 Å². The van der Waals surface area contributed by atoms with E-state index in [1.165, 1.54) is 17.2 Å². The lowest BCUT2D eigenvalue weighted by molar-refractivity contribution is 0.708. The molecule has 0 atom stereocenters. The third kappa shape index (κ3) is 2.90. The summed E-state index contributed by atoms with van der Waals surface area (Å²) in [6.45, 7) is 2.12. The molecule has 0 spiro atoms. The summed E-state index contributed by atoms with van der Waals surface area (Å²) in [5.74, 6) is 0.570. The smallest absolute Gasteiger partial charge is 0.279 e. The molecule has 3 heterocycles. The van der Waals surface area contributed by atoms with E-state index in [0.717, 1.165) is 32.4 Å². The Labute approximate surface area is 185 Å². The van der Waals surface area contributed by atoms with Crippen molar-refractivity contribution in [1.82, 2.24) is 23.1 Å². The Morgan fingerprint density at radius 3 is 2.42 bits per heavy atom. The molecule has 0 saturated heterocycles. The summed E-state index contributed by atoms with van der Waals surface area (Å²) < 4.78 is 7.24. The molecule has 0 N–H and O–H groups in total. The Bertz CT molecular complexity index is 1590. The molecular weight excluding hydrogens is 458 g/mol. The topological polar surface area (TPSA) is 66.2 Å². The number of imidazole rings is 2. The summed E-state index contributed by atoms with van der Waals surface area (Å²) in [6.07, 6.45) is 2.88. The van der Waals surface area contributed by atoms with Gasteiger partial charge < -0.3 is 0 Å². The average Bonchev–Trinajstić information content (AvgIpc) is 3.32. The number of benzene rings is 2. The van der Waals surface area contributed by atoms with E-state index < -0.39 is 5.69 Å². The number of nitrogens with zero attached hydrogens (tertiary/aromatic N) is 5. The molecule has 3 aromatic heterocycles. The molecule has 0 amide bonds. The highest BCUT2D eigenvalue weighted by atomic mass is 79.9. The lowest BCUT2D eigenvalue weighted by atomic mass is 10.1. The lowest BCUT2D eigenvalue weighted by Crippen LogP contribution is -2.37. The Balaban J connectivity index is 1.93. The normalized spacial score (nSPS) is 11.6. The Hall–Kier alpha value is -3.39. The predicted octanol–water partition coefficient (Wildman–Crippen LogP) is 3.67. The van der Waals surface area contributed by atoms with Crippen LogP contribution in [0.2, 0.25) is 0 Å². The minimum absolute atomic E-state index is 0.361. The van der Waals surface area contributed by atoms with Crippen LogP contribution in [0.1, 0.15) is 12.5 Å². The molecule has 2 aromatic carbocycles. The maximum atomic E-state index is 13.0. The van der Waals surface area contributed by atoms with Gasteiger partial charge in [0, 0.05) is 30.3 Å². The Morgan fingerprint density at radius 1 is 1.00 bits per heavy atom. The standard InChI is InChI=1S/C23H20BrN5O2/c1-4-14-8-10-15(11-9-14)18-13-28-19-20(26(2)23(31)27(3)21(19)30)25-22(28)29(18)17-7-5-6-16(24)12-17/h5-13H,4H2,1-3H3. The van der Waals surface area contributed by atoms with Gasteiger partial charge in [0.25, 0.3) is 5.56 Å². The van der Waals surface area contributed by atoms with E-state index in [0.29, 0.717) is 16.9 Å². The molecule has 156 valence electrons. The molecule has 0 saturated carbocycles. The van der Waals surface area contributed by atoms with Gasteiger partial charge in [-0.25, -0.2) is 4.79 Å². The van der Waals surface area contributed by atoms with E-state index in [1.807, 2.05) is 35.0 Å². The first kappa shape index (κ1) is 19.6. The van der Waals surface area contributed by atoms with Crippen molar-refractivity contribution in [1.29, 1.82) is 0 Å². The first-order valence-electron chi connectivity index (χ1n) is 9.95. The average molecular weight is 478 g/mol. The van der Waals surface area contributed by atoms with Crippen LogP contribution >= 0.6 is 15.9 Å². The molecule has 5 aromatic rings. The van der Waals surface area contributed by atoms with Gasteiger partial charge in [0.1, 0.15) is 0 Å². The van der Waals surface area contributed by atoms with E-state index in [9.17, 15) is 9.59 Å². The fourth-order valence-corrected chi connectivity index (χ4v) is 4.34. The highest BCUT2D eigenvalue weighted by Gasteiger charge is 2.21. The third-order valence-electron chi connectivity index (χ3n) is 5.69. The van der Waals surface area contributed by atoms with Crippen LogP contribution in [-0.2, 0) is 20.5 Å². The van der Waals surface area contributed by atoms with Crippen LogP contribution in [0.4, 0.5) is 0 Å². The summed E-state index contributed by atoms with van der Waals surface area (Å²) in [7, 11) is 3.11. The molecular formula is C23H20BrN5O2. The van der Waals surface area contributed by atoms with Crippen molar-refractivity contribution in [3.8, 4) is 16.9 Å².